The van der Waals surface area contributed by atoms with Crippen LogP contribution in [-0.4, -0.2) is 22.5 Å². The summed E-state index contributed by atoms with van der Waals surface area (Å²) in [5.41, 5.74) is 1.63. The summed E-state index contributed by atoms with van der Waals surface area (Å²) in [4.78, 5) is 16.9. The molecule has 1 aromatic rings. The number of allylic oxidation sites excluding steroid dienone is 1. The maximum atomic E-state index is 11.5. The first-order valence-electron chi connectivity index (χ1n) is 4.40. The molecule has 0 atom stereocenters. The van der Waals surface area contributed by atoms with Gasteiger partial charge in [0.25, 0.3) is 0 Å². The van der Waals surface area contributed by atoms with Gasteiger partial charge in [0.1, 0.15) is 0 Å². The number of rotatable bonds is 1. The number of amides is 1. The zero-order chi connectivity index (χ0) is 9.80. The van der Waals surface area contributed by atoms with Gasteiger partial charge in [-0.25, -0.2) is 9.78 Å². The molecule has 0 N–H and O–H groups in total. The summed E-state index contributed by atoms with van der Waals surface area (Å²) >= 11 is 1.31. The summed E-state index contributed by atoms with van der Waals surface area (Å²) < 4.78 is 5.09. The summed E-state index contributed by atoms with van der Waals surface area (Å²) in [6, 6.07) is 0. The number of hydrogen-bond donors (Lipinski definition) is 0. The second-order valence-electron chi connectivity index (χ2n) is 2.91. The summed E-state index contributed by atoms with van der Waals surface area (Å²) in [6.07, 6.45) is 6.98. The molecular weight excluding hydrogens is 200 g/mol. The predicted molar refractivity (Wildman–Crippen MR) is 53.2 cm³/mol. The third-order valence-electron chi connectivity index (χ3n) is 1.89. The lowest BCUT2D eigenvalue weighted by Crippen LogP contribution is -2.30. The largest absolute Gasteiger partial charge is 0.420 e. The van der Waals surface area contributed by atoms with Gasteiger partial charge in [-0.05, 0) is 12.8 Å². The van der Waals surface area contributed by atoms with E-state index in [0.717, 1.165) is 19.4 Å². The van der Waals surface area contributed by atoms with Crippen LogP contribution in [0.5, 0.6) is 5.06 Å². The Kier molecular flexibility index (Phi) is 2.78. The van der Waals surface area contributed by atoms with Gasteiger partial charge in [-0.15, -0.1) is 0 Å². The summed E-state index contributed by atoms with van der Waals surface area (Å²) in [5.74, 6) is 0. The Bertz CT molecular complexity index is 335. The molecule has 2 rings (SSSR count). The fourth-order valence-electron chi connectivity index (χ4n) is 1.21. The van der Waals surface area contributed by atoms with E-state index in [-0.39, 0.29) is 6.09 Å². The van der Waals surface area contributed by atoms with Crippen molar-refractivity contribution in [3.8, 4) is 5.06 Å². The van der Waals surface area contributed by atoms with E-state index in [0.29, 0.717) is 5.06 Å². The van der Waals surface area contributed by atoms with Gasteiger partial charge in [-0.2, -0.15) is 0 Å². The number of ether oxygens (including phenoxy) is 1. The number of aromatic nitrogens is 1. The first-order chi connectivity index (χ1) is 6.86. The summed E-state index contributed by atoms with van der Waals surface area (Å²) in [5, 5.41) is 0.536. The third kappa shape index (κ3) is 2.11. The van der Waals surface area contributed by atoms with Crippen molar-refractivity contribution < 1.29 is 9.53 Å². The van der Waals surface area contributed by atoms with Gasteiger partial charge in [-0.3, -0.25) is 4.90 Å². The van der Waals surface area contributed by atoms with Gasteiger partial charge in [0.2, 0.25) is 5.06 Å². The minimum atomic E-state index is -0.329. The molecule has 4 nitrogen and oxygen atoms in total. The molecule has 1 aliphatic heterocycles. The maximum absolute atomic E-state index is 11.5. The van der Waals surface area contributed by atoms with Crippen LogP contribution in [0.4, 0.5) is 4.79 Å². The van der Waals surface area contributed by atoms with Gasteiger partial charge >= 0.3 is 6.09 Å². The lowest BCUT2D eigenvalue weighted by molar-refractivity contribution is 0.169. The molecule has 1 amide bonds. The van der Waals surface area contributed by atoms with Gasteiger partial charge in [0.05, 0.1) is 11.7 Å². The molecule has 5 heteroatoms. The molecule has 0 fully saturated rings. The van der Waals surface area contributed by atoms with E-state index in [1.807, 2.05) is 6.08 Å². The molecule has 0 aliphatic carbocycles. The number of nitrogens with zero attached hydrogens (tertiary/aromatic N) is 2. The SMILES string of the molecule is O=C(Oc1cncs1)N1C=CCCC1. The van der Waals surface area contributed by atoms with E-state index >= 15 is 0 Å². The lowest BCUT2D eigenvalue weighted by Gasteiger charge is -2.19. The molecule has 1 aliphatic rings. The number of thiazole rings is 1. The standard InChI is InChI=1S/C9H10N2O2S/c12-9(11-4-2-1-3-5-11)13-8-6-10-7-14-8/h2,4,6-7H,1,3,5H2. The number of carbonyl (C=O) groups excluding carboxylic acids is 1. The van der Waals surface area contributed by atoms with Crippen LogP contribution in [-0.2, 0) is 0 Å². The van der Waals surface area contributed by atoms with Crippen molar-refractivity contribution in [2.24, 2.45) is 0 Å². The van der Waals surface area contributed by atoms with Crippen LogP contribution < -0.4 is 4.74 Å². The molecule has 0 spiro atoms. The highest BCUT2D eigenvalue weighted by atomic mass is 32.1. The van der Waals surface area contributed by atoms with Crippen molar-refractivity contribution in [3.63, 3.8) is 0 Å². The molecule has 14 heavy (non-hydrogen) atoms. The van der Waals surface area contributed by atoms with Crippen LogP contribution in [0.1, 0.15) is 12.8 Å². The molecule has 0 aromatic carbocycles. The van der Waals surface area contributed by atoms with Crippen molar-refractivity contribution >= 4 is 17.4 Å². The van der Waals surface area contributed by atoms with E-state index in [1.54, 1.807) is 16.6 Å². The quantitative estimate of drug-likeness (QED) is 0.714. The zero-order valence-electron chi connectivity index (χ0n) is 7.55. The van der Waals surface area contributed by atoms with Gasteiger partial charge in [0.15, 0.2) is 0 Å². The Labute approximate surface area is 85.8 Å². The Balaban J connectivity index is 1.95. The Morgan fingerprint density at radius 2 is 2.57 bits per heavy atom. The highest BCUT2D eigenvalue weighted by Crippen LogP contribution is 2.17. The van der Waals surface area contributed by atoms with Crippen molar-refractivity contribution in [2.75, 3.05) is 6.54 Å². The molecule has 74 valence electrons. The fourth-order valence-corrected chi connectivity index (χ4v) is 1.67. The van der Waals surface area contributed by atoms with Crippen molar-refractivity contribution in [1.82, 2.24) is 9.88 Å². The topological polar surface area (TPSA) is 42.4 Å². The van der Waals surface area contributed by atoms with E-state index in [1.165, 1.54) is 17.5 Å². The lowest BCUT2D eigenvalue weighted by atomic mass is 10.2. The molecule has 2 heterocycles. The van der Waals surface area contributed by atoms with Crippen LogP contribution in [0.15, 0.2) is 24.0 Å². The molecule has 0 radical (unpaired) electrons. The van der Waals surface area contributed by atoms with Gasteiger partial charge in [0, 0.05) is 12.7 Å². The zero-order valence-corrected chi connectivity index (χ0v) is 8.37. The van der Waals surface area contributed by atoms with Crippen LogP contribution in [0.25, 0.3) is 0 Å². The van der Waals surface area contributed by atoms with Crippen molar-refractivity contribution in [1.29, 1.82) is 0 Å². The summed E-state index contributed by atoms with van der Waals surface area (Å²) in [6.45, 7) is 0.730. The normalized spacial score (nSPS) is 15.6. The average Bonchev–Trinajstić information content (AvgIpc) is 2.72. The molecular formula is C9H10N2O2S. The fraction of sp³-hybridized carbons (Fsp3) is 0.333. The Morgan fingerprint density at radius 3 is 3.21 bits per heavy atom. The molecule has 0 saturated carbocycles. The van der Waals surface area contributed by atoms with Crippen molar-refractivity contribution in [2.45, 2.75) is 12.8 Å². The Morgan fingerprint density at radius 1 is 1.64 bits per heavy atom. The predicted octanol–water partition coefficient (Wildman–Crippen LogP) is 2.25. The average molecular weight is 210 g/mol. The second-order valence-corrected chi connectivity index (χ2v) is 3.76. The van der Waals surface area contributed by atoms with Gasteiger partial charge < -0.3 is 4.74 Å². The number of hydrogen-bond acceptors (Lipinski definition) is 4. The minimum Gasteiger partial charge on any atom is -0.397 e. The molecule has 1 aromatic heterocycles. The molecule has 0 bridgehead atoms. The highest BCUT2D eigenvalue weighted by Gasteiger charge is 2.15. The van der Waals surface area contributed by atoms with E-state index in [2.05, 4.69) is 4.98 Å². The van der Waals surface area contributed by atoms with Crippen molar-refractivity contribution in [3.05, 3.63) is 24.0 Å². The van der Waals surface area contributed by atoms with Crippen LogP contribution >= 0.6 is 11.3 Å². The molecule has 0 unspecified atom stereocenters. The van der Waals surface area contributed by atoms with Gasteiger partial charge in [-0.1, -0.05) is 17.4 Å². The van der Waals surface area contributed by atoms with Crippen LogP contribution in [0, 0.1) is 0 Å². The monoisotopic (exact) mass is 210 g/mol. The second kappa shape index (κ2) is 4.23. The number of carbonyl (C=O) groups is 1. The maximum Gasteiger partial charge on any atom is 0.420 e. The summed E-state index contributed by atoms with van der Waals surface area (Å²) in [7, 11) is 0. The third-order valence-corrected chi connectivity index (χ3v) is 2.54. The highest BCUT2D eigenvalue weighted by molar-refractivity contribution is 7.11. The van der Waals surface area contributed by atoms with Crippen LogP contribution in [0.2, 0.25) is 0 Å². The smallest absolute Gasteiger partial charge is 0.397 e. The first-order valence-corrected chi connectivity index (χ1v) is 5.28. The minimum absolute atomic E-state index is 0.329. The molecule has 0 saturated heterocycles. The first kappa shape index (κ1) is 9.21. The van der Waals surface area contributed by atoms with E-state index in [4.69, 9.17) is 4.74 Å². The van der Waals surface area contributed by atoms with Crippen LogP contribution in [0.3, 0.4) is 0 Å². The van der Waals surface area contributed by atoms with E-state index < -0.39 is 0 Å². The Hall–Kier alpha value is -1.36. The van der Waals surface area contributed by atoms with E-state index in [9.17, 15) is 4.79 Å².